The summed E-state index contributed by atoms with van der Waals surface area (Å²) in [6.07, 6.45) is 1.33. The fraction of sp³-hybridized carbons (Fsp3) is 0.143. The summed E-state index contributed by atoms with van der Waals surface area (Å²) in [6, 6.07) is 13.8. The van der Waals surface area contributed by atoms with Crippen LogP contribution in [-0.2, 0) is 20.9 Å². The Morgan fingerprint density at radius 1 is 1.03 bits per heavy atom. The quantitative estimate of drug-likeness (QED) is 0.221. The summed E-state index contributed by atoms with van der Waals surface area (Å²) in [6.45, 7) is 2.24. The van der Waals surface area contributed by atoms with Crippen LogP contribution >= 0.6 is 15.9 Å². The van der Waals surface area contributed by atoms with Crippen molar-refractivity contribution in [3.63, 3.8) is 0 Å². The molecule has 0 atom stereocenters. The number of ether oxygens (including phenoxy) is 3. The van der Waals surface area contributed by atoms with E-state index in [-0.39, 0.29) is 29.2 Å². The highest BCUT2D eigenvalue weighted by Gasteiger charge is 2.37. The molecule has 0 saturated carbocycles. The van der Waals surface area contributed by atoms with Crippen molar-refractivity contribution in [3.8, 4) is 11.5 Å². The fourth-order valence-electron chi connectivity index (χ4n) is 3.73. The normalized spacial score (nSPS) is 14.3. The van der Waals surface area contributed by atoms with E-state index < -0.39 is 23.8 Å². The fourth-order valence-corrected chi connectivity index (χ4v) is 4.31. The van der Waals surface area contributed by atoms with E-state index in [1.54, 1.807) is 31.2 Å². The van der Waals surface area contributed by atoms with Crippen molar-refractivity contribution in [2.75, 3.05) is 18.6 Å². The maximum Gasteiger partial charge on any atom is 0.337 e. The van der Waals surface area contributed by atoms with Gasteiger partial charge in [0.15, 0.2) is 11.5 Å². The maximum absolute atomic E-state index is 13.3. The molecule has 1 aliphatic heterocycles. The van der Waals surface area contributed by atoms with E-state index in [2.05, 4.69) is 26.0 Å². The molecular weight excluding hydrogens is 575 g/mol. The van der Waals surface area contributed by atoms with Crippen LogP contribution in [0.4, 0.5) is 14.9 Å². The van der Waals surface area contributed by atoms with E-state index in [9.17, 15) is 23.6 Å². The summed E-state index contributed by atoms with van der Waals surface area (Å²) in [5, 5.41) is 2.16. The summed E-state index contributed by atoms with van der Waals surface area (Å²) in [5.41, 5.74) is 1.26. The van der Waals surface area contributed by atoms with Crippen LogP contribution in [0.1, 0.15) is 28.4 Å². The molecule has 0 spiro atoms. The standard InChI is InChI=1S/C28H22BrFN2O7/c1-3-38-23-14-17(13-22(29)24(23)39-15-16-4-8-19(30)9-5-16)12-21-25(33)31-28(36)32(26(21)34)20-10-6-18(7-11-20)27(35)37-2/h4-14H,3,15H2,1-2H3,(H,31,33,36)/b21-12+. The van der Waals surface area contributed by atoms with Gasteiger partial charge in [0.25, 0.3) is 11.8 Å². The maximum atomic E-state index is 13.3. The van der Waals surface area contributed by atoms with Gasteiger partial charge in [-0.1, -0.05) is 12.1 Å². The number of esters is 1. The van der Waals surface area contributed by atoms with Crippen LogP contribution in [0.15, 0.2) is 70.7 Å². The second kappa shape index (κ2) is 11.9. The molecule has 3 aromatic carbocycles. The van der Waals surface area contributed by atoms with Crippen LogP contribution in [-0.4, -0.2) is 37.5 Å². The minimum Gasteiger partial charge on any atom is -0.490 e. The molecule has 1 heterocycles. The molecule has 9 nitrogen and oxygen atoms in total. The van der Waals surface area contributed by atoms with E-state index in [1.165, 1.54) is 49.6 Å². The highest BCUT2D eigenvalue weighted by Crippen LogP contribution is 2.38. The predicted molar refractivity (Wildman–Crippen MR) is 143 cm³/mol. The first-order valence-electron chi connectivity index (χ1n) is 11.6. The molecular formula is C28H22BrFN2O7. The van der Waals surface area contributed by atoms with Gasteiger partial charge in [0.2, 0.25) is 0 Å². The van der Waals surface area contributed by atoms with Crippen molar-refractivity contribution >= 4 is 51.5 Å². The van der Waals surface area contributed by atoms with Crippen LogP contribution < -0.4 is 19.7 Å². The molecule has 0 aromatic heterocycles. The molecule has 0 bridgehead atoms. The van der Waals surface area contributed by atoms with Crippen molar-refractivity contribution in [3.05, 3.63) is 93.2 Å². The van der Waals surface area contributed by atoms with Crippen LogP contribution in [0.5, 0.6) is 11.5 Å². The van der Waals surface area contributed by atoms with Crippen molar-refractivity contribution in [2.45, 2.75) is 13.5 Å². The Hall–Kier alpha value is -4.51. The molecule has 0 radical (unpaired) electrons. The Morgan fingerprint density at radius 2 is 1.72 bits per heavy atom. The molecule has 4 amide bonds. The topological polar surface area (TPSA) is 111 Å². The average molecular weight is 597 g/mol. The average Bonchev–Trinajstić information content (AvgIpc) is 2.91. The highest BCUT2D eigenvalue weighted by atomic mass is 79.9. The largest absolute Gasteiger partial charge is 0.490 e. The van der Waals surface area contributed by atoms with Crippen LogP contribution in [0.25, 0.3) is 6.08 Å². The smallest absolute Gasteiger partial charge is 0.337 e. The molecule has 0 aliphatic carbocycles. The first kappa shape index (κ1) is 27.5. The molecule has 1 saturated heterocycles. The van der Waals surface area contributed by atoms with Gasteiger partial charge in [0.1, 0.15) is 18.0 Å². The Kier molecular flexibility index (Phi) is 8.40. The van der Waals surface area contributed by atoms with Gasteiger partial charge in [-0.05, 0) is 88.6 Å². The number of rotatable bonds is 8. The Bertz CT molecular complexity index is 1470. The van der Waals surface area contributed by atoms with Crippen LogP contribution in [0, 0.1) is 5.82 Å². The molecule has 0 unspecified atom stereocenters. The van der Waals surface area contributed by atoms with Gasteiger partial charge >= 0.3 is 12.0 Å². The van der Waals surface area contributed by atoms with E-state index in [0.717, 1.165) is 10.5 Å². The first-order valence-corrected chi connectivity index (χ1v) is 12.4. The Morgan fingerprint density at radius 3 is 2.36 bits per heavy atom. The van der Waals surface area contributed by atoms with Gasteiger partial charge in [-0.15, -0.1) is 0 Å². The molecule has 1 aliphatic rings. The van der Waals surface area contributed by atoms with Gasteiger partial charge < -0.3 is 14.2 Å². The van der Waals surface area contributed by atoms with E-state index >= 15 is 0 Å². The number of halogens is 2. The number of benzene rings is 3. The lowest BCUT2D eigenvalue weighted by molar-refractivity contribution is -0.122. The lowest BCUT2D eigenvalue weighted by atomic mass is 10.1. The van der Waals surface area contributed by atoms with Crippen molar-refractivity contribution in [2.24, 2.45) is 0 Å². The number of nitrogens with zero attached hydrogens (tertiary/aromatic N) is 1. The van der Waals surface area contributed by atoms with Gasteiger partial charge in [-0.25, -0.2) is 18.9 Å². The molecule has 4 rings (SSSR count). The van der Waals surface area contributed by atoms with Crippen molar-refractivity contribution < 1.29 is 37.8 Å². The molecule has 39 heavy (non-hydrogen) atoms. The number of urea groups is 1. The number of methoxy groups -OCH3 is 1. The first-order chi connectivity index (χ1) is 18.7. The zero-order chi connectivity index (χ0) is 28.1. The summed E-state index contributed by atoms with van der Waals surface area (Å²) in [5.74, 6) is -1.92. The lowest BCUT2D eigenvalue weighted by Gasteiger charge is -2.26. The van der Waals surface area contributed by atoms with Gasteiger partial charge in [0.05, 0.1) is 29.4 Å². The van der Waals surface area contributed by atoms with Crippen molar-refractivity contribution in [1.82, 2.24) is 5.32 Å². The number of carbonyl (C=O) groups excluding carboxylic acids is 4. The third-order valence-corrected chi connectivity index (χ3v) is 6.18. The lowest BCUT2D eigenvalue weighted by Crippen LogP contribution is -2.54. The molecule has 1 N–H and O–H groups in total. The van der Waals surface area contributed by atoms with Gasteiger partial charge in [0, 0.05) is 0 Å². The zero-order valence-electron chi connectivity index (χ0n) is 20.8. The van der Waals surface area contributed by atoms with Crippen LogP contribution in [0.2, 0.25) is 0 Å². The Balaban J connectivity index is 1.63. The van der Waals surface area contributed by atoms with E-state index in [1.807, 2.05) is 0 Å². The Labute approximate surface area is 231 Å². The zero-order valence-corrected chi connectivity index (χ0v) is 22.4. The molecule has 11 heteroatoms. The number of imide groups is 2. The van der Waals surface area contributed by atoms with E-state index in [4.69, 9.17) is 9.47 Å². The third-order valence-electron chi connectivity index (χ3n) is 5.59. The number of anilines is 1. The summed E-state index contributed by atoms with van der Waals surface area (Å²) >= 11 is 3.45. The molecule has 200 valence electrons. The minimum absolute atomic E-state index is 0.145. The number of amides is 4. The highest BCUT2D eigenvalue weighted by molar-refractivity contribution is 9.10. The molecule has 3 aromatic rings. The number of hydrogen-bond donors (Lipinski definition) is 1. The monoisotopic (exact) mass is 596 g/mol. The number of nitrogens with one attached hydrogen (secondary N) is 1. The van der Waals surface area contributed by atoms with Gasteiger partial charge in [-0.2, -0.15) is 0 Å². The number of barbiturate groups is 1. The van der Waals surface area contributed by atoms with Crippen LogP contribution in [0.3, 0.4) is 0 Å². The third kappa shape index (κ3) is 6.15. The second-order valence-corrected chi connectivity index (χ2v) is 9.03. The summed E-state index contributed by atoms with van der Waals surface area (Å²) in [4.78, 5) is 50.9. The summed E-state index contributed by atoms with van der Waals surface area (Å²) in [7, 11) is 1.24. The predicted octanol–water partition coefficient (Wildman–Crippen LogP) is 5.02. The van der Waals surface area contributed by atoms with Gasteiger partial charge in [-0.3, -0.25) is 14.9 Å². The second-order valence-electron chi connectivity index (χ2n) is 8.17. The number of hydrogen-bond acceptors (Lipinski definition) is 7. The van der Waals surface area contributed by atoms with Crippen molar-refractivity contribution in [1.29, 1.82) is 0 Å². The summed E-state index contributed by atoms with van der Waals surface area (Å²) < 4.78 is 30.0. The minimum atomic E-state index is -0.923. The SMILES string of the molecule is CCOc1cc(/C=C2\C(=O)NC(=O)N(c3ccc(C(=O)OC)cc3)C2=O)cc(Br)c1OCc1ccc(F)cc1. The number of carbonyl (C=O) groups is 4. The molecule has 1 fully saturated rings. The van der Waals surface area contributed by atoms with E-state index in [0.29, 0.717) is 28.1 Å².